The predicted molar refractivity (Wildman–Crippen MR) is 150 cm³/mol. The summed E-state index contributed by atoms with van der Waals surface area (Å²) in [7, 11) is -2.06. The smallest absolute Gasteiger partial charge is 0.242 e. The molecule has 0 radical (unpaired) electrons. The third kappa shape index (κ3) is 8.93. The van der Waals surface area contributed by atoms with Crippen molar-refractivity contribution in [3.63, 3.8) is 0 Å². The molecule has 0 fully saturated rings. The summed E-state index contributed by atoms with van der Waals surface area (Å²) in [6.07, 6.45) is 2.23. The first-order chi connectivity index (χ1) is 18.0. The molecule has 0 bridgehead atoms. The summed E-state index contributed by atoms with van der Waals surface area (Å²) in [5.41, 5.74) is 1.25. The van der Waals surface area contributed by atoms with Gasteiger partial charge in [0.1, 0.15) is 17.5 Å². The van der Waals surface area contributed by atoms with E-state index in [0.717, 1.165) is 18.2 Å². The zero-order chi connectivity index (χ0) is 28.3. The number of benzene rings is 2. The van der Waals surface area contributed by atoms with Gasteiger partial charge in [-0.1, -0.05) is 31.2 Å². The van der Waals surface area contributed by atoms with Crippen molar-refractivity contribution in [1.29, 1.82) is 0 Å². The summed E-state index contributed by atoms with van der Waals surface area (Å²) in [6, 6.07) is 13.5. The van der Waals surface area contributed by atoms with Gasteiger partial charge in [0.15, 0.2) is 0 Å². The Morgan fingerprint density at radius 1 is 1.05 bits per heavy atom. The van der Waals surface area contributed by atoms with Crippen molar-refractivity contribution in [2.75, 3.05) is 30.8 Å². The van der Waals surface area contributed by atoms with Gasteiger partial charge in [0.05, 0.1) is 25.7 Å². The summed E-state index contributed by atoms with van der Waals surface area (Å²) in [4.78, 5) is 27.9. The molecule has 0 spiro atoms. The number of sulfonamides is 1. The van der Waals surface area contributed by atoms with E-state index in [4.69, 9.17) is 9.47 Å². The highest BCUT2D eigenvalue weighted by Crippen LogP contribution is 2.30. The lowest BCUT2D eigenvalue weighted by Gasteiger charge is -2.30. The van der Waals surface area contributed by atoms with Crippen molar-refractivity contribution < 1.29 is 27.5 Å². The first kappa shape index (κ1) is 31.0. The summed E-state index contributed by atoms with van der Waals surface area (Å²) < 4.78 is 37.5. The Hall–Kier alpha value is -3.27. The van der Waals surface area contributed by atoms with Gasteiger partial charge < -0.3 is 19.7 Å². The highest BCUT2D eigenvalue weighted by Gasteiger charge is 2.28. The zero-order valence-electron chi connectivity index (χ0n) is 23.3. The second kappa shape index (κ2) is 14.6. The molecule has 1 N–H and O–H groups in total. The van der Waals surface area contributed by atoms with E-state index in [-0.39, 0.29) is 43.8 Å². The van der Waals surface area contributed by atoms with E-state index in [1.807, 2.05) is 45.0 Å². The van der Waals surface area contributed by atoms with Gasteiger partial charge in [-0.3, -0.25) is 13.9 Å². The van der Waals surface area contributed by atoms with Crippen LogP contribution in [0.5, 0.6) is 11.5 Å². The molecule has 2 amide bonds. The number of hydrogen-bond acceptors (Lipinski definition) is 6. The lowest BCUT2D eigenvalue weighted by atomic mass is 10.1. The molecule has 0 heterocycles. The Labute approximate surface area is 227 Å². The molecule has 0 aromatic heterocycles. The van der Waals surface area contributed by atoms with Gasteiger partial charge in [0.25, 0.3) is 0 Å². The highest BCUT2D eigenvalue weighted by molar-refractivity contribution is 7.92. The molecule has 38 heavy (non-hydrogen) atoms. The van der Waals surface area contributed by atoms with Crippen LogP contribution in [0, 0.1) is 0 Å². The minimum atomic E-state index is -3.63. The number of nitrogens with one attached hydrogen (secondary N) is 1. The Morgan fingerprint density at radius 3 is 2.39 bits per heavy atom. The van der Waals surface area contributed by atoms with Crippen LogP contribution in [0.15, 0.2) is 48.5 Å². The van der Waals surface area contributed by atoms with Crippen molar-refractivity contribution in [3.8, 4) is 11.5 Å². The maximum atomic E-state index is 13.5. The molecule has 0 aliphatic heterocycles. The quantitative estimate of drug-likeness (QED) is 0.362. The topological polar surface area (TPSA) is 105 Å². The van der Waals surface area contributed by atoms with Gasteiger partial charge in [-0.2, -0.15) is 0 Å². The number of amides is 2. The second-order valence-corrected chi connectivity index (χ2v) is 11.1. The molecule has 2 aromatic carbocycles. The number of ether oxygens (including phenoxy) is 2. The van der Waals surface area contributed by atoms with E-state index in [1.165, 1.54) is 9.21 Å². The maximum absolute atomic E-state index is 13.5. The zero-order valence-corrected chi connectivity index (χ0v) is 24.1. The molecule has 0 saturated heterocycles. The molecule has 10 heteroatoms. The van der Waals surface area contributed by atoms with Crippen molar-refractivity contribution >= 4 is 27.5 Å². The van der Waals surface area contributed by atoms with E-state index < -0.39 is 16.1 Å². The molecule has 0 aliphatic rings. The lowest BCUT2D eigenvalue weighted by Crippen LogP contribution is -2.49. The summed E-state index contributed by atoms with van der Waals surface area (Å²) in [6.45, 7) is 8.13. The van der Waals surface area contributed by atoms with E-state index in [9.17, 15) is 18.0 Å². The van der Waals surface area contributed by atoms with Crippen molar-refractivity contribution in [3.05, 3.63) is 54.1 Å². The number of carbonyl (C=O) groups is 2. The Morgan fingerprint density at radius 2 is 1.76 bits per heavy atom. The summed E-state index contributed by atoms with van der Waals surface area (Å²) >= 11 is 0. The van der Waals surface area contributed by atoms with Crippen LogP contribution in [0.2, 0.25) is 0 Å². The molecule has 2 unspecified atom stereocenters. The summed E-state index contributed by atoms with van der Waals surface area (Å²) in [5.74, 6) is 0.635. The minimum Gasteiger partial charge on any atom is -0.497 e. The van der Waals surface area contributed by atoms with Crippen LogP contribution in [-0.4, -0.2) is 63.7 Å². The second-order valence-electron chi connectivity index (χ2n) is 9.21. The Balaban J connectivity index is 2.23. The maximum Gasteiger partial charge on any atom is 0.242 e. The summed E-state index contributed by atoms with van der Waals surface area (Å²) in [5, 5.41) is 2.95. The molecule has 0 saturated carbocycles. The standard InChI is InChI=1S/C28H41N3O6S/c1-7-21(3)29-28(33)22(4)30(20-23-13-11-14-24(19-23)36-5)27(32)17-12-18-31(38(6,34)35)25-15-9-10-16-26(25)37-8-2/h9-11,13-16,19,21-22H,7-8,12,17-18,20H2,1-6H3,(H,29,33). The number of para-hydroxylation sites is 2. The average Bonchev–Trinajstić information content (AvgIpc) is 2.89. The molecular weight excluding hydrogens is 506 g/mol. The number of carbonyl (C=O) groups excluding carboxylic acids is 2. The van der Waals surface area contributed by atoms with E-state index in [1.54, 1.807) is 38.3 Å². The lowest BCUT2D eigenvalue weighted by molar-refractivity contribution is -0.140. The van der Waals surface area contributed by atoms with E-state index in [2.05, 4.69) is 5.32 Å². The van der Waals surface area contributed by atoms with Crippen LogP contribution in [0.4, 0.5) is 5.69 Å². The number of hydrogen-bond donors (Lipinski definition) is 1. The number of anilines is 1. The molecule has 0 aliphatic carbocycles. The van der Waals surface area contributed by atoms with Crippen LogP contribution < -0.4 is 19.1 Å². The molecule has 2 atom stereocenters. The predicted octanol–water partition coefficient (Wildman–Crippen LogP) is 3.97. The first-order valence-electron chi connectivity index (χ1n) is 12.9. The van der Waals surface area contributed by atoms with Crippen LogP contribution in [0.1, 0.15) is 52.5 Å². The fourth-order valence-corrected chi connectivity index (χ4v) is 4.91. The van der Waals surface area contributed by atoms with Gasteiger partial charge in [-0.25, -0.2) is 8.42 Å². The van der Waals surface area contributed by atoms with Gasteiger partial charge in [-0.05, 0) is 63.4 Å². The highest BCUT2D eigenvalue weighted by atomic mass is 32.2. The SMILES string of the molecule is CCOc1ccccc1N(CCCC(=O)N(Cc1cccc(OC)c1)C(C)C(=O)NC(C)CC)S(C)(=O)=O. The third-order valence-corrected chi connectivity index (χ3v) is 7.42. The fourth-order valence-electron chi connectivity index (χ4n) is 3.94. The van der Waals surface area contributed by atoms with Gasteiger partial charge >= 0.3 is 0 Å². The van der Waals surface area contributed by atoms with E-state index >= 15 is 0 Å². The minimum absolute atomic E-state index is 0.0209. The Bertz CT molecular complexity index is 1170. The molecule has 9 nitrogen and oxygen atoms in total. The number of nitrogens with zero attached hydrogens (tertiary/aromatic N) is 2. The normalized spacial score (nSPS) is 12.8. The first-order valence-corrected chi connectivity index (χ1v) is 14.8. The van der Waals surface area contributed by atoms with E-state index in [0.29, 0.717) is 23.8 Å². The van der Waals surface area contributed by atoms with Gasteiger partial charge in [0, 0.05) is 25.6 Å². The Kier molecular flexibility index (Phi) is 11.9. The van der Waals surface area contributed by atoms with Crippen molar-refractivity contribution in [2.45, 2.75) is 65.6 Å². The monoisotopic (exact) mass is 547 g/mol. The van der Waals surface area contributed by atoms with Crippen molar-refractivity contribution in [1.82, 2.24) is 10.2 Å². The molecule has 2 aromatic rings. The number of rotatable bonds is 15. The van der Waals surface area contributed by atoms with Crippen LogP contribution in [-0.2, 0) is 26.2 Å². The largest absolute Gasteiger partial charge is 0.497 e. The molecular formula is C28H41N3O6S. The van der Waals surface area contributed by atoms with Crippen LogP contribution in [0.25, 0.3) is 0 Å². The van der Waals surface area contributed by atoms with Crippen molar-refractivity contribution in [2.24, 2.45) is 0 Å². The van der Waals surface area contributed by atoms with Gasteiger partial charge in [-0.15, -0.1) is 0 Å². The van der Waals surface area contributed by atoms with Crippen LogP contribution in [0.3, 0.4) is 0 Å². The number of methoxy groups -OCH3 is 1. The fraction of sp³-hybridized carbons (Fsp3) is 0.500. The third-order valence-electron chi connectivity index (χ3n) is 6.24. The van der Waals surface area contributed by atoms with Crippen LogP contribution >= 0.6 is 0 Å². The molecule has 2 rings (SSSR count). The molecule has 210 valence electrons. The van der Waals surface area contributed by atoms with Gasteiger partial charge in [0.2, 0.25) is 21.8 Å². The average molecular weight is 548 g/mol.